The number of fused-ring (bicyclic) bond motifs is 1. The van der Waals surface area contributed by atoms with Crippen LogP contribution in [0.25, 0.3) is 10.8 Å². The van der Waals surface area contributed by atoms with Crippen LogP contribution >= 0.6 is 0 Å². The summed E-state index contributed by atoms with van der Waals surface area (Å²) in [5.74, 6) is 0.796. The Labute approximate surface area is 124 Å². The first kappa shape index (κ1) is 13.6. The predicted octanol–water partition coefficient (Wildman–Crippen LogP) is 3.55. The molecule has 0 amide bonds. The third-order valence-corrected chi connectivity index (χ3v) is 3.69. The summed E-state index contributed by atoms with van der Waals surface area (Å²) in [6, 6.07) is 18.7. The Morgan fingerprint density at radius 3 is 2.57 bits per heavy atom. The highest BCUT2D eigenvalue weighted by molar-refractivity contribution is 5.83. The Morgan fingerprint density at radius 2 is 1.81 bits per heavy atom. The molecule has 0 saturated heterocycles. The highest BCUT2D eigenvalue weighted by Crippen LogP contribution is 2.29. The molecule has 0 saturated carbocycles. The first-order valence-corrected chi connectivity index (χ1v) is 6.98. The zero-order valence-corrected chi connectivity index (χ0v) is 12.2. The van der Waals surface area contributed by atoms with Gasteiger partial charge in [0.25, 0.3) is 0 Å². The molecule has 3 aromatic rings. The fourth-order valence-electron chi connectivity index (χ4n) is 2.64. The van der Waals surface area contributed by atoms with Crippen LogP contribution in [-0.2, 0) is 0 Å². The van der Waals surface area contributed by atoms with Crippen molar-refractivity contribution in [1.82, 2.24) is 10.3 Å². The van der Waals surface area contributed by atoms with Crippen LogP contribution in [0.15, 0.2) is 60.8 Å². The molecule has 2 aromatic carbocycles. The van der Waals surface area contributed by atoms with Crippen molar-refractivity contribution in [1.29, 1.82) is 0 Å². The van der Waals surface area contributed by atoms with Crippen molar-refractivity contribution < 1.29 is 4.74 Å². The van der Waals surface area contributed by atoms with Crippen LogP contribution in [-0.4, -0.2) is 19.1 Å². The minimum absolute atomic E-state index is 0.00533. The van der Waals surface area contributed by atoms with Crippen molar-refractivity contribution >= 4 is 10.8 Å². The monoisotopic (exact) mass is 278 g/mol. The number of hydrogen-bond donors (Lipinski definition) is 1. The van der Waals surface area contributed by atoms with E-state index >= 15 is 0 Å². The first-order chi connectivity index (χ1) is 10.3. The number of nitrogens with one attached hydrogen (secondary N) is 1. The third kappa shape index (κ3) is 2.60. The SMILES string of the molecule is CNC(c1ccc2ccccc2c1)c1ncccc1OC. The van der Waals surface area contributed by atoms with Crippen LogP contribution in [0.1, 0.15) is 17.3 Å². The molecule has 3 rings (SSSR count). The van der Waals surface area contributed by atoms with Gasteiger partial charge in [-0.3, -0.25) is 4.98 Å². The summed E-state index contributed by atoms with van der Waals surface area (Å²) in [6.07, 6.45) is 1.79. The van der Waals surface area contributed by atoms with E-state index < -0.39 is 0 Å². The van der Waals surface area contributed by atoms with Crippen LogP contribution in [0, 0.1) is 0 Å². The molecule has 1 unspecified atom stereocenters. The van der Waals surface area contributed by atoms with E-state index in [0.29, 0.717) is 0 Å². The van der Waals surface area contributed by atoms with E-state index in [0.717, 1.165) is 11.4 Å². The summed E-state index contributed by atoms with van der Waals surface area (Å²) in [7, 11) is 3.61. The van der Waals surface area contributed by atoms with Gasteiger partial charge in [-0.25, -0.2) is 0 Å². The minimum atomic E-state index is 0.00533. The van der Waals surface area contributed by atoms with Crippen LogP contribution in [0.3, 0.4) is 0 Å². The highest BCUT2D eigenvalue weighted by atomic mass is 16.5. The van der Waals surface area contributed by atoms with Crippen LogP contribution in [0.4, 0.5) is 0 Å². The topological polar surface area (TPSA) is 34.2 Å². The number of pyridine rings is 1. The molecular formula is C18H18N2O. The number of ether oxygens (including phenoxy) is 1. The molecule has 106 valence electrons. The van der Waals surface area contributed by atoms with Crippen LogP contribution in [0.2, 0.25) is 0 Å². The van der Waals surface area contributed by atoms with Gasteiger partial charge in [0.15, 0.2) is 0 Å². The summed E-state index contributed by atoms with van der Waals surface area (Å²) in [4.78, 5) is 4.49. The molecule has 21 heavy (non-hydrogen) atoms. The molecule has 1 atom stereocenters. The minimum Gasteiger partial charge on any atom is -0.495 e. The molecule has 0 radical (unpaired) electrons. The van der Waals surface area contributed by atoms with E-state index in [-0.39, 0.29) is 6.04 Å². The normalized spacial score (nSPS) is 12.3. The van der Waals surface area contributed by atoms with Crippen molar-refractivity contribution in [2.45, 2.75) is 6.04 Å². The van der Waals surface area contributed by atoms with Crippen molar-refractivity contribution in [3.63, 3.8) is 0 Å². The maximum absolute atomic E-state index is 5.43. The van der Waals surface area contributed by atoms with E-state index in [9.17, 15) is 0 Å². The number of rotatable bonds is 4. The molecule has 1 N–H and O–H groups in total. The molecule has 3 heteroatoms. The summed E-state index contributed by atoms with van der Waals surface area (Å²) in [5.41, 5.74) is 2.07. The lowest BCUT2D eigenvalue weighted by molar-refractivity contribution is 0.401. The largest absolute Gasteiger partial charge is 0.495 e. The van der Waals surface area contributed by atoms with Gasteiger partial charge in [0.05, 0.1) is 13.2 Å². The smallest absolute Gasteiger partial charge is 0.142 e. The molecule has 3 nitrogen and oxygen atoms in total. The number of hydrogen-bond acceptors (Lipinski definition) is 3. The van der Waals surface area contributed by atoms with Gasteiger partial charge in [-0.15, -0.1) is 0 Å². The molecule has 0 spiro atoms. The molecule has 0 aliphatic carbocycles. The molecule has 0 bridgehead atoms. The summed E-state index contributed by atoms with van der Waals surface area (Å²) < 4.78 is 5.43. The predicted molar refractivity (Wildman–Crippen MR) is 85.6 cm³/mol. The zero-order chi connectivity index (χ0) is 14.7. The average molecular weight is 278 g/mol. The van der Waals surface area contributed by atoms with Gasteiger partial charge < -0.3 is 10.1 Å². The molecule has 0 aliphatic rings. The lowest BCUT2D eigenvalue weighted by Gasteiger charge is -2.19. The lowest BCUT2D eigenvalue weighted by atomic mass is 9.99. The van der Waals surface area contributed by atoms with Gasteiger partial charge in [0.1, 0.15) is 11.4 Å². The fraction of sp³-hybridized carbons (Fsp3) is 0.167. The van der Waals surface area contributed by atoms with Gasteiger partial charge in [-0.2, -0.15) is 0 Å². The number of methoxy groups -OCH3 is 1. The average Bonchev–Trinajstić information content (AvgIpc) is 2.56. The Bertz CT molecular complexity index is 755. The first-order valence-electron chi connectivity index (χ1n) is 6.98. The summed E-state index contributed by atoms with van der Waals surface area (Å²) in [5, 5.41) is 5.80. The molecular weight excluding hydrogens is 260 g/mol. The van der Waals surface area contributed by atoms with Gasteiger partial charge >= 0.3 is 0 Å². The molecule has 0 aliphatic heterocycles. The third-order valence-electron chi connectivity index (χ3n) is 3.69. The molecule has 1 aromatic heterocycles. The second-order valence-corrected chi connectivity index (χ2v) is 4.92. The Morgan fingerprint density at radius 1 is 1.00 bits per heavy atom. The van der Waals surface area contributed by atoms with Gasteiger partial charge in [-0.1, -0.05) is 36.4 Å². The second-order valence-electron chi connectivity index (χ2n) is 4.92. The fourth-order valence-corrected chi connectivity index (χ4v) is 2.64. The van der Waals surface area contributed by atoms with Gasteiger partial charge in [-0.05, 0) is 41.6 Å². The number of benzene rings is 2. The van der Waals surface area contributed by atoms with E-state index in [1.807, 2.05) is 19.2 Å². The number of nitrogens with zero attached hydrogens (tertiary/aromatic N) is 1. The second kappa shape index (κ2) is 5.94. The zero-order valence-electron chi connectivity index (χ0n) is 12.2. The summed E-state index contributed by atoms with van der Waals surface area (Å²) >= 11 is 0. The van der Waals surface area contributed by atoms with Crippen molar-refractivity contribution in [2.75, 3.05) is 14.2 Å². The van der Waals surface area contributed by atoms with E-state index in [1.165, 1.54) is 16.3 Å². The Hall–Kier alpha value is -2.39. The van der Waals surface area contributed by atoms with E-state index in [2.05, 4.69) is 52.8 Å². The Balaban J connectivity index is 2.09. The van der Waals surface area contributed by atoms with Crippen LogP contribution < -0.4 is 10.1 Å². The van der Waals surface area contributed by atoms with Crippen molar-refractivity contribution in [3.05, 3.63) is 72.1 Å². The van der Waals surface area contributed by atoms with Crippen molar-refractivity contribution in [3.8, 4) is 5.75 Å². The molecule has 1 heterocycles. The summed E-state index contributed by atoms with van der Waals surface area (Å²) in [6.45, 7) is 0. The maximum atomic E-state index is 5.43. The van der Waals surface area contributed by atoms with E-state index in [4.69, 9.17) is 4.74 Å². The standard InChI is InChI=1S/C18H18N2O/c1-19-17(18-16(21-2)8-5-11-20-18)15-10-9-13-6-3-4-7-14(13)12-15/h3-12,17,19H,1-2H3. The maximum Gasteiger partial charge on any atom is 0.142 e. The van der Waals surface area contributed by atoms with Crippen LogP contribution in [0.5, 0.6) is 5.75 Å². The molecule has 0 fully saturated rings. The van der Waals surface area contributed by atoms with Crippen molar-refractivity contribution in [2.24, 2.45) is 0 Å². The van der Waals surface area contributed by atoms with Gasteiger partial charge in [0.2, 0.25) is 0 Å². The lowest BCUT2D eigenvalue weighted by Crippen LogP contribution is -2.19. The Kier molecular flexibility index (Phi) is 3.84. The quantitative estimate of drug-likeness (QED) is 0.792. The number of aromatic nitrogens is 1. The van der Waals surface area contributed by atoms with E-state index in [1.54, 1.807) is 13.3 Å². The highest BCUT2D eigenvalue weighted by Gasteiger charge is 2.17. The van der Waals surface area contributed by atoms with Gasteiger partial charge in [0, 0.05) is 6.20 Å².